The molecule has 0 saturated carbocycles. The van der Waals surface area contributed by atoms with Gasteiger partial charge >= 0.3 is 5.97 Å². The number of aromatic nitrogens is 3. The predicted molar refractivity (Wildman–Crippen MR) is 95.5 cm³/mol. The molecule has 3 rings (SSSR count). The van der Waals surface area contributed by atoms with Gasteiger partial charge in [-0.15, -0.1) is 0 Å². The van der Waals surface area contributed by atoms with E-state index in [1.807, 2.05) is 36.7 Å². The van der Waals surface area contributed by atoms with Crippen LogP contribution in [0.15, 0.2) is 36.3 Å². The largest absolute Gasteiger partial charge is 0.497 e. The predicted octanol–water partition coefficient (Wildman–Crippen LogP) is 3.76. The highest BCUT2D eigenvalue weighted by Crippen LogP contribution is 2.30. The zero-order chi connectivity index (χ0) is 18.0. The van der Waals surface area contributed by atoms with Crippen LogP contribution in [0.1, 0.15) is 55.2 Å². The van der Waals surface area contributed by atoms with Gasteiger partial charge in [0.15, 0.2) is 5.65 Å². The van der Waals surface area contributed by atoms with Crippen LogP contribution in [0.4, 0.5) is 0 Å². The molecule has 0 amide bonds. The Kier molecular flexibility index (Phi) is 4.88. The van der Waals surface area contributed by atoms with Crippen LogP contribution in [0.25, 0.3) is 11.0 Å². The number of nitrogens with zero attached hydrogens (tertiary/aromatic N) is 3. The molecule has 0 aromatic carbocycles. The average Bonchev–Trinajstić information content (AvgIpc) is 3.05. The van der Waals surface area contributed by atoms with Gasteiger partial charge in [0.2, 0.25) is 0 Å². The smallest absolute Gasteiger partial charge is 0.338 e. The number of carbonyl (C=O) groups is 1. The second kappa shape index (κ2) is 7.09. The Morgan fingerprint density at radius 1 is 1.44 bits per heavy atom. The van der Waals surface area contributed by atoms with E-state index < -0.39 is 0 Å². The molecule has 132 valence electrons. The fourth-order valence-electron chi connectivity index (χ4n) is 2.95. The van der Waals surface area contributed by atoms with E-state index in [1.54, 1.807) is 20.2 Å². The summed E-state index contributed by atoms with van der Waals surface area (Å²) < 4.78 is 12.3. The number of ether oxygens (including phenoxy) is 2. The minimum Gasteiger partial charge on any atom is -0.497 e. The van der Waals surface area contributed by atoms with E-state index in [0.29, 0.717) is 17.8 Å². The van der Waals surface area contributed by atoms with Crippen molar-refractivity contribution in [3.8, 4) is 0 Å². The first-order chi connectivity index (χ1) is 12.0. The van der Waals surface area contributed by atoms with Crippen molar-refractivity contribution in [3.05, 3.63) is 47.5 Å². The van der Waals surface area contributed by atoms with Crippen molar-refractivity contribution < 1.29 is 14.3 Å². The Labute approximate surface area is 147 Å². The van der Waals surface area contributed by atoms with Crippen LogP contribution < -0.4 is 0 Å². The van der Waals surface area contributed by atoms with Gasteiger partial charge in [0, 0.05) is 12.0 Å². The van der Waals surface area contributed by atoms with Crippen LogP contribution in [0.2, 0.25) is 0 Å². The molecule has 0 bridgehead atoms. The maximum Gasteiger partial charge on any atom is 0.338 e. The van der Waals surface area contributed by atoms with Crippen LogP contribution in [0.5, 0.6) is 0 Å². The van der Waals surface area contributed by atoms with Gasteiger partial charge in [-0.25, -0.2) is 14.5 Å². The minimum absolute atomic E-state index is 0.0898. The molecule has 25 heavy (non-hydrogen) atoms. The fourth-order valence-corrected chi connectivity index (χ4v) is 2.95. The van der Waals surface area contributed by atoms with Crippen molar-refractivity contribution in [2.45, 2.75) is 39.2 Å². The zero-order valence-corrected chi connectivity index (χ0v) is 15.0. The lowest BCUT2D eigenvalue weighted by molar-refractivity contribution is 0.0528. The normalized spacial score (nSPS) is 17.0. The Morgan fingerprint density at radius 3 is 2.84 bits per heavy atom. The highest BCUT2D eigenvalue weighted by Gasteiger charge is 2.22. The lowest BCUT2D eigenvalue weighted by Gasteiger charge is -2.17. The molecule has 0 spiro atoms. The van der Waals surface area contributed by atoms with Gasteiger partial charge in [-0.1, -0.05) is 6.08 Å². The molecule has 6 heteroatoms. The van der Waals surface area contributed by atoms with E-state index in [2.05, 4.69) is 11.2 Å². The highest BCUT2D eigenvalue weighted by atomic mass is 16.5. The standard InChI is InChI=1S/C19H23N3O3/c1-5-25-19(23)15-10-17(13-6-8-14(24-4)9-7-13)21-18-16(15)11-20-22(18)12(2)3/h6,8-13H,5,7H2,1-4H3. The Balaban J connectivity index is 2.10. The van der Waals surface area contributed by atoms with E-state index in [1.165, 1.54) is 0 Å². The molecule has 0 radical (unpaired) electrons. The van der Waals surface area contributed by atoms with E-state index in [-0.39, 0.29) is 17.9 Å². The topological polar surface area (TPSA) is 66.2 Å². The molecule has 1 aliphatic rings. The maximum atomic E-state index is 12.4. The third-order valence-corrected chi connectivity index (χ3v) is 4.25. The zero-order valence-electron chi connectivity index (χ0n) is 15.0. The van der Waals surface area contributed by atoms with Crippen molar-refractivity contribution in [2.75, 3.05) is 13.7 Å². The number of methoxy groups -OCH3 is 1. The summed E-state index contributed by atoms with van der Waals surface area (Å²) in [6.45, 7) is 6.22. The van der Waals surface area contributed by atoms with Gasteiger partial charge in [0.1, 0.15) is 5.76 Å². The maximum absolute atomic E-state index is 12.4. The number of fused-ring (bicyclic) bond motifs is 1. The summed E-state index contributed by atoms with van der Waals surface area (Å²) in [5, 5.41) is 5.13. The van der Waals surface area contributed by atoms with Crippen LogP contribution in [-0.2, 0) is 9.47 Å². The molecule has 1 atom stereocenters. The number of esters is 1. The number of hydrogen-bond acceptors (Lipinski definition) is 5. The van der Waals surface area contributed by atoms with Gasteiger partial charge in [-0.05, 0) is 45.4 Å². The number of hydrogen-bond donors (Lipinski definition) is 0. The molecule has 2 aromatic heterocycles. The molecule has 0 N–H and O–H groups in total. The van der Waals surface area contributed by atoms with Crippen LogP contribution in [0.3, 0.4) is 0 Å². The van der Waals surface area contributed by atoms with Crippen molar-refractivity contribution in [2.24, 2.45) is 0 Å². The van der Waals surface area contributed by atoms with Crippen LogP contribution in [-0.4, -0.2) is 34.5 Å². The summed E-state index contributed by atoms with van der Waals surface area (Å²) in [7, 11) is 1.65. The van der Waals surface area contributed by atoms with E-state index in [4.69, 9.17) is 14.5 Å². The van der Waals surface area contributed by atoms with Crippen molar-refractivity contribution >= 4 is 17.0 Å². The van der Waals surface area contributed by atoms with E-state index in [9.17, 15) is 4.79 Å². The second-order valence-electron chi connectivity index (χ2n) is 6.25. The van der Waals surface area contributed by atoms with E-state index in [0.717, 1.165) is 23.3 Å². The molecule has 2 heterocycles. The average molecular weight is 341 g/mol. The molecule has 0 fully saturated rings. The molecule has 0 aliphatic heterocycles. The summed E-state index contributed by atoms with van der Waals surface area (Å²) in [6, 6.07) is 1.98. The lowest BCUT2D eigenvalue weighted by Crippen LogP contribution is -2.11. The summed E-state index contributed by atoms with van der Waals surface area (Å²) in [4.78, 5) is 17.2. The van der Waals surface area contributed by atoms with Crippen LogP contribution >= 0.6 is 0 Å². The first-order valence-electron chi connectivity index (χ1n) is 8.52. The van der Waals surface area contributed by atoms with Crippen molar-refractivity contribution in [1.82, 2.24) is 14.8 Å². The minimum atomic E-state index is -0.340. The molecular weight excluding hydrogens is 318 g/mol. The number of carbonyl (C=O) groups excluding carboxylic acids is 1. The van der Waals surface area contributed by atoms with Crippen molar-refractivity contribution in [1.29, 1.82) is 0 Å². The SMILES string of the molecule is CCOC(=O)c1cc(C2C=CC(OC)=CC2)nc2c1cnn2C(C)C. The van der Waals surface area contributed by atoms with Crippen LogP contribution in [0, 0.1) is 0 Å². The summed E-state index contributed by atoms with van der Waals surface area (Å²) in [5.41, 5.74) is 2.06. The molecule has 1 aliphatic carbocycles. The first kappa shape index (κ1) is 17.2. The van der Waals surface area contributed by atoms with Crippen molar-refractivity contribution in [3.63, 3.8) is 0 Å². The third-order valence-electron chi connectivity index (χ3n) is 4.25. The van der Waals surface area contributed by atoms with E-state index >= 15 is 0 Å². The second-order valence-corrected chi connectivity index (χ2v) is 6.25. The molecule has 2 aromatic rings. The molecular formula is C19H23N3O3. The highest BCUT2D eigenvalue weighted by molar-refractivity contribution is 6.02. The third kappa shape index (κ3) is 3.29. The molecule has 1 unspecified atom stereocenters. The lowest BCUT2D eigenvalue weighted by atomic mass is 9.94. The number of allylic oxidation sites excluding steroid dienone is 3. The fraction of sp³-hybridized carbons (Fsp3) is 0.421. The molecule has 6 nitrogen and oxygen atoms in total. The van der Waals surface area contributed by atoms with Gasteiger partial charge < -0.3 is 9.47 Å². The quantitative estimate of drug-likeness (QED) is 0.775. The molecule has 0 saturated heterocycles. The number of rotatable bonds is 5. The van der Waals surface area contributed by atoms with Gasteiger partial charge in [0.25, 0.3) is 0 Å². The van der Waals surface area contributed by atoms with Gasteiger partial charge in [-0.2, -0.15) is 5.10 Å². The van der Waals surface area contributed by atoms with Gasteiger partial charge in [0.05, 0.1) is 36.6 Å². The Hall–Kier alpha value is -2.63. The Bertz CT molecular complexity index is 849. The first-order valence-corrected chi connectivity index (χ1v) is 8.52. The number of pyridine rings is 1. The summed E-state index contributed by atoms with van der Waals surface area (Å²) in [6.07, 6.45) is 8.48. The van der Waals surface area contributed by atoms with Gasteiger partial charge in [-0.3, -0.25) is 0 Å². The summed E-state index contributed by atoms with van der Waals surface area (Å²) >= 11 is 0. The summed E-state index contributed by atoms with van der Waals surface area (Å²) in [5.74, 6) is 0.592. The Morgan fingerprint density at radius 2 is 2.24 bits per heavy atom. The monoisotopic (exact) mass is 341 g/mol.